The van der Waals surface area contributed by atoms with Crippen molar-refractivity contribution in [1.29, 1.82) is 0 Å². The van der Waals surface area contributed by atoms with E-state index in [9.17, 15) is 18.0 Å². The van der Waals surface area contributed by atoms with E-state index in [0.29, 0.717) is 13.0 Å². The van der Waals surface area contributed by atoms with Crippen LogP contribution in [0.1, 0.15) is 38.3 Å². The van der Waals surface area contributed by atoms with Gasteiger partial charge >= 0.3 is 0 Å². The van der Waals surface area contributed by atoms with Crippen molar-refractivity contribution in [2.75, 3.05) is 23.7 Å². The van der Waals surface area contributed by atoms with Crippen LogP contribution in [0.3, 0.4) is 0 Å². The first-order chi connectivity index (χ1) is 16.3. The Balaban J connectivity index is 2.45. The van der Waals surface area contributed by atoms with E-state index in [1.54, 1.807) is 6.07 Å². The van der Waals surface area contributed by atoms with E-state index in [4.69, 9.17) is 23.2 Å². The zero-order valence-corrected chi connectivity index (χ0v) is 23.0. The number of hydrogen-bond acceptors (Lipinski definition) is 4. The maximum absolute atomic E-state index is 13.6. The molecule has 192 valence electrons. The molecule has 0 aliphatic rings. The molecule has 2 aromatic rings. The number of nitrogens with one attached hydrogen (secondary N) is 1. The van der Waals surface area contributed by atoms with Crippen LogP contribution in [0.15, 0.2) is 42.5 Å². The molecule has 0 bridgehead atoms. The minimum Gasteiger partial charge on any atom is -0.354 e. The second kappa shape index (κ2) is 12.6. The van der Waals surface area contributed by atoms with Crippen molar-refractivity contribution in [3.63, 3.8) is 0 Å². The third kappa shape index (κ3) is 8.12. The first-order valence-corrected chi connectivity index (χ1v) is 14.0. The molecule has 2 amide bonds. The molecule has 0 saturated heterocycles. The molecule has 2 aromatic carbocycles. The lowest BCUT2D eigenvalue weighted by atomic mass is 10.1. The van der Waals surface area contributed by atoms with Crippen LogP contribution in [0.25, 0.3) is 0 Å². The molecule has 0 heterocycles. The lowest BCUT2D eigenvalue weighted by molar-refractivity contribution is -0.140. The number of hydrogen-bond donors (Lipinski definition) is 1. The van der Waals surface area contributed by atoms with Gasteiger partial charge in [0.05, 0.1) is 22.0 Å². The molecule has 1 N–H and O–H groups in total. The van der Waals surface area contributed by atoms with Crippen molar-refractivity contribution in [1.82, 2.24) is 10.2 Å². The quantitative estimate of drug-likeness (QED) is 0.448. The van der Waals surface area contributed by atoms with Gasteiger partial charge in [0.15, 0.2) is 0 Å². The summed E-state index contributed by atoms with van der Waals surface area (Å²) >= 11 is 12.4. The predicted molar refractivity (Wildman–Crippen MR) is 142 cm³/mol. The summed E-state index contributed by atoms with van der Waals surface area (Å²) in [6.07, 6.45) is 1.35. The number of amides is 2. The fraction of sp³-hybridized carbons (Fsp3) is 0.440. The van der Waals surface area contributed by atoms with Gasteiger partial charge in [0.1, 0.15) is 12.6 Å². The summed E-state index contributed by atoms with van der Waals surface area (Å²) in [5, 5.41) is 3.09. The van der Waals surface area contributed by atoms with Crippen LogP contribution in [-0.4, -0.2) is 50.5 Å². The minimum atomic E-state index is -3.90. The van der Waals surface area contributed by atoms with E-state index in [0.717, 1.165) is 21.7 Å². The third-order valence-electron chi connectivity index (χ3n) is 5.42. The van der Waals surface area contributed by atoms with Crippen LogP contribution in [0, 0.1) is 12.8 Å². The monoisotopic (exact) mass is 541 g/mol. The Morgan fingerprint density at radius 1 is 1.06 bits per heavy atom. The smallest absolute Gasteiger partial charge is 0.244 e. The highest BCUT2D eigenvalue weighted by Gasteiger charge is 2.32. The Labute approximate surface area is 218 Å². The number of nitrogens with zero attached hydrogens (tertiary/aromatic N) is 2. The van der Waals surface area contributed by atoms with Gasteiger partial charge in [-0.05, 0) is 37.0 Å². The highest BCUT2D eigenvalue weighted by Crippen LogP contribution is 2.33. The van der Waals surface area contributed by atoms with Crippen molar-refractivity contribution in [2.24, 2.45) is 5.92 Å². The number of rotatable bonds is 11. The molecule has 0 fully saturated rings. The lowest BCUT2D eigenvalue weighted by Gasteiger charge is -2.33. The SMILES string of the molecule is CC[C@H](C(=O)NCC(C)C)N(Cc1ccc(C)cc1)C(=O)CN(c1cccc(Cl)c1Cl)S(C)(=O)=O. The first-order valence-electron chi connectivity index (χ1n) is 11.4. The Kier molecular flexibility index (Phi) is 10.4. The number of sulfonamides is 1. The summed E-state index contributed by atoms with van der Waals surface area (Å²) in [7, 11) is -3.90. The van der Waals surface area contributed by atoms with Crippen molar-refractivity contribution >= 4 is 50.7 Å². The standard InChI is InChI=1S/C25H33Cl2N3O4S/c1-6-21(25(32)28-14-17(2)3)29(15-19-12-10-18(4)11-13-19)23(31)16-30(35(5,33)34)22-9-7-8-20(26)24(22)27/h7-13,17,21H,6,14-16H2,1-5H3,(H,28,32)/t21-/m1/s1. The van der Waals surface area contributed by atoms with Gasteiger partial charge < -0.3 is 10.2 Å². The Hall–Kier alpha value is -2.29. The van der Waals surface area contributed by atoms with Gasteiger partial charge in [0.2, 0.25) is 21.8 Å². The van der Waals surface area contributed by atoms with Crippen LogP contribution in [0.4, 0.5) is 5.69 Å². The van der Waals surface area contributed by atoms with Crippen LogP contribution < -0.4 is 9.62 Å². The van der Waals surface area contributed by atoms with E-state index < -0.39 is 28.5 Å². The maximum Gasteiger partial charge on any atom is 0.244 e. The summed E-state index contributed by atoms with van der Waals surface area (Å²) in [6.45, 7) is 7.82. The maximum atomic E-state index is 13.6. The summed E-state index contributed by atoms with van der Waals surface area (Å²) in [5.41, 5.74) is 1.99. The molecule has 0 radical (unpaired) electrons. The van der Waals surface area contributed by atoms with E-state index in [2.05, 4.69) is 5.32 Å². The topological polar surface area (TPSA) is 86.8 Å². The van der Waals surface area contributed by atoms with Crippen molar-refractivity contribution < 1.29 is 18.0 Å². The molecule has 2 rings (SSSR count). The lowest BCUT2D eigenvalue weighted by Crippen LogP contribution is -2.52. The third-order valence-corrected chi connectivity index (χ3v) is 7.36. The normalized spacial score (nSPS) is 12.3. The van der Waals surface area contributed by atoms with Crippen LogP contribution in [0.5, 0.6) is 0 Å². The van der Waals surface area contributed by atoms with E-state index in [-0.39, 0.29) is 34.1 Å². The summed E-state index contributed by atoms with van der Waals surface area (Å²) in [6, 6.07) is 11.4. The molecular formula is C25H33Cl2N3O4S. The minimum absolute atomic E-state index is 0.0270. The second-order valence-corrected chi connectivity index (χ2v) is 11.6. The summed E-state index contributed by atoms with van der Waals surface area (Å²) < 4.78 is 26.3. The van der Waals surface area contributed by atoms with Gasteiger partial charge in [0.25, 0.3) is 0 Å². The van der Waals surface area contributed by atoms with E-state index in [1.807, 2.05) is 52.0 Å². The van der Waals surface area contributed by atoms with Crippen LogP contribution in [-0.2, 0) is 26.2 Å². The molecule has 0 saturated carbocycles. The number of anilines is 1. The molecule has 1 atom stereocenters. The average Bonchev–Trinajstić information content (AvgIpc) is 2.78. The van der Waals surface area contributed by atoms with E-state index >= 15 is 0 Å². The van der Waals surface area contributed by atoms with Crippen molar-refractivity contribution in [3.8, 4) is 0 Å². The van der Waals surface area contributed by atoms with Gasteiger partial charge in [-0.15, -0.1) is 0 Å². The zero-order chi connectivity index (χ0) is 26.3. The van der Waals surface area contributed by atoms with Crippen LogP contribution in [0.2, 0.25) is 10.0 Å². The molecule has 10 heteroatoms. The fourth-order valence-corrected chi connectivity index (χ4v) is 4.81. The largest absolute Gasteiger partial charge is 0.354 e. The molecule has 0 aliphatic heterocycles. The first kappa shape index (κ1) is 28.9. The molecule has 0 unspecified atom stereocenters. The number of aryl methyl sites for hydroxylation is 1. The number of halogens is 2. The Bertz CT molecular complexity index is 1140. The molecule has 0 aliphatic carbocycles. The van der Waals surface area contributed by atoms with Gasteiger partial charge in [-0.2, -0.15) is 0 Å². The van der Waals surface area contributed by atoms with Gasteiger partial charge in [-0.3, -0.25) is 13.9 Å². The fourth-order valence-electron chi connectivity index (χ4n) is 3.51. The van der Waals surface area contributed by atoms with Gasteiger partial charge in [-0.1, -0.05) is 79.9 Å². The zero-order valence-electron chi connectivity index (χ0n) is 20.7. The highest BCUT2D eigenvalue weighted by atomic mass is 35.5. The van der Waals surface area contributed by atoms with Gasteiger partial charge in [0, 0.05) is 13.1 Å². The van der Waals surface area contributed by atoms with Crippen LogP contribution >= 0.6 is 23.2 Å². The highest BCUT2D eigenvalue weighted by molar-refractivity contribution is 7.92. The number of carbonyl (C=O) groups excluding carboxylic acids is 2. The summed E-state index contributed by atoms with van der Waals surface area (Å²) in [5.74, 6) is -0.574. The molecule has 7 nitrogen and oxygen atoms in total. The number of benzene rings is 2. The molecule has 0 aromatic heterocycles. The van der Waals surface area contributed by atoms with Crippen molar-refractivity contribution in [3.05, 3.63) is 63.6 Å². The summed E-state index contributed by atoms with van der Waals surface area (Å²) in [4.78, 5) is 28.1. The second-order valence-electron chi connectivity index (χ2n) is 8.91. The average molecular weight is 543 g/mol. The van der Waals surface area contributed by atoms with Gasteiger partial charge in [-0.25, -0.2) is 8.42 Å². The molecule has 0 spiro atoms. The predicted octanol–water partition coefficient (Wildman–Crippen LogP) is 4.65. The van der Waals surface area contributed by atoms with E-state index in [1.165, 1.54) is 17.0 Å². The Morgan fingerprint density at radius 3 is 2.23 bits per heavy atom. The van der Waals surface area contributed by atoms with Crippen molar-refractivity contribution in [2.45, 2.75) is 46.7 Å². The molecular weight excluding hydrogens is 509 g/mol. The Morgan fingerprint density at radius 2 is 1.69 bits per heavy atom. The molecule has 35 heavy (non-hydrogen) atoms. The number of carbonyl (C=O) groups is 2.